The summed E-state index contributed by atoms with van der Waals surface area (Å²) in [5, 5.41) is 10.2. The third kappa shape index (κ3) is 2.39. The molecule has 3 nitrogen and oxygen atoms in total. The van der Waals surface area contributed by atoms with E-state index >= 15 is 0 Å². The Morgan fingerprint density at radius 1 is 1.50 bits per heavy atom. The Bertz CT molecular complexity index is 378. The number of hydrogen-bond acceptors (Lipinski definition) is 3. The number of carbonyl (C=O) groups excluding carboxylic acids is 1. The van der Waals surface area contributed by atoms with Crippen LogP contribution < -0.4 is 0 Å². The third-order valence-electron chi connectivity index (χ3n) is 2.43. The predicted octanol–water partition coefficient (Wildman–Crippen LogP) is 1.99. The van der Waals surface area contributed by atoms with Crippen LogP contribution in [0.15, 0.2) is 24.3 Å². The number of ether oxygens (including phenoxy) is 1. The van der Waals surface area contributed by atoms with Crippen LogP contribution in [-0.4, -0.2) is 17.7 Å². The second kappa shape index (κ2) is 5.07. The van der Waals surface area contributed by atoms with Crippen molar-refractivity contribution in [1.29, 1.82) is 0 Å². The van der Waals surface area contributed by atoms with Crippen LogP contribution >= 0.6 is 0 Å². The first-order valence-electron chi connectivity index (χ1n) is 5.20. The van der Waals surface area contributed by atoms with Gasteiger partial charge in [-0.05, 0) is 31.0 Å². The number of aliphatic hydroxyl groups is 1. The molecule has 1 atom stereocenters. The van der Waals surface area contributed by atoms with E-state index in [4.69, 9.17) is 4.74 Å². The summed E-state index contributed by atoms with van der Waals surface area (Å²) in [7, 11) is 0. The van der Waals surface area contributed by atoms with Crippen molar-refractivity contribution in [2.75, 3.05) is 6.61 Å². The van der Waals surface area contributed by atoms with E-state index in [0.717, 1.165) is 6.07 Å². The van der Waals surface area contributed by atoms with Crippen molar-refractivity contribution in [2.45, 2.75) is 25.9 Å². The van der Waals surface area contributed by atoms with E-state index in [2.05, 4.69) is 0 Å². The maximum absolute atomic E-state index is 13.0. The number of hydrogen-bond donors (Lipinski definition) is 1. The van der Waals surface area contributed by atoms with Gasteiger partial charge in [-0.3, -0.25) is 0 Å². The van der Waals surface area contributed by atoms with Gasteiger partial charge in [-0.15, -0.1) is 0 Å². The molecule has 0 fully saturated rings. The van der Waals surface area contributed by atoms with Gasteiger partial charge in [0.1, 0.15) is 5.82 Å². The lowest BCUT2D eigenvalue weighted by atomic mass is 9.91. The summed E-state index contributed by atoms with van der Waals surface area (Å²) < 4.78 is 17.8. The highest BCUT2D eigenvalue weighted by atomic mass is 19.1. The van der Waals surface area contributed by atoms with Crippen LogP contribution in [0.2, 0.25) is 0 Å². The Hall–Kier alpha value is -1.42. The zero-order chi connectivity index (χ0) is 12.2. The molecule has 0 saturated carbocycles. The van der Waals surface area contributed by atoms with Gasteiger partial charge in [0.05, 0.1) is 6.61 Å². The lowest BCUT2D eigenvalue weighted by Gasteiger charge is -2.24. The van der Waals surface area contributed by atoms with E-state index in [1.54, 1.807) is 13.8 Å². The van der Waals surface area contributed by atoms with Gasteiger partial charge in [-0.25, -0.2) is 9.18 Å². The van der Waals surface area contributed by atoms with Crippen molar-refractivity contribution in [2.24, 2.45) is 0 Å². The maximum atomic E-state index is 13.0. The van der Waals surface area contributed by atoms with Crippen molar-refractivity contribution < 1.29 is 19.0 Å². The molecule has 0 aromatic heterocycles. The number of benzene rings is 1. The zero-order valence-electron chi connectivity index (χ0n) is 9.37. The smallest absolute Gasteiger partial charge is 0.342 e. The summed E-state index contributed by atoms with van der Waals surface area (Å²) >= 11 is 0. The molecule has 0 aliphatic carbocycles. The van der Waals surface area contributed by atoms with E-state index in [0.29, 0.717) is 0 Å². The van der Waals surface area contributed by atoms with Gasteiger partial charge in [0.2, 0.25) is 0 Å². The Kier molecular flexibility index (Phi) is 4.01. The SMILES string of the molecule is CCOC(=O)C(O)(CC)c1cccc(F)c1. The number of esters is 1. The Morgan fingerprint density at radius 3 is 2.69 bits per heavy atom. The topological polar surface area (TPSA) is 46.5 Å². The van der Waals surface area contributed by atoms with E-state index < -0.39 is 17.4 Å². The summed E-state index contributed by atoms with van der Waals surface area (Å²) in [6.45, 7) is 3.47. The number of carbonyl (C=O) groups is 1. The molecule has 0 bridgehead atoms. The Morgan fingerprint density at radius 2 is 2.19 bits per heavy atom. The molecular weight excluding hydrogens is 211 g/mol. The summed E-state index contributed by atoms with van der Waals surface area (Å²) in [6, 6.07) is 5.35. The molecule has 4 heteroatoms. The van der Waals surface area contributed by atoms with Crippen molar-refractivity contribution >= 4 is 5.97 Å². The normalized spacial score (nSPS) is 14.2. The minimum absolute atomic E-state index is 0.134. The largest absolute Gasteiger partial charge is 0.464 e. The Labute approximate surface area is 93.9 Å². The molecular formula is C12H15FO3. The molecule has 0 radical (unpaired) electrons. The van der Waals surface area contributed by atoms with Crippen LogP contribution in [-0.2, 0) is 15.1 Å². The van der Waals surface area contributed by atoms with E-state index in [1.165, 1.54) is 18.2 Å². The van der Waals surface area contributed by atoms with Crippen molar-refractivity contribution in [1.82, 2.24) is 0 Å². The van der Waals surface area contributed by atoms with Gasteiger partial charge in [0.25, 0.3) is 0 Å². The minimum Gasteiger partial charge on any atom is -0.464 e. The predicted molar refractivity (Wildman–Crippen MR) is 57.2 cm³/mol. The summed E-state index contributed by atoms with van der Waals surface area (Å²) in [5.41, 5.74) is -1.55. The van der Waals surface area contributed by atoms with Crippen molar-refractivity contribution in [3.63, 3.8) is 0 Å². The van der Waals surface area contributed by atoms with Gasteiger partial charge < -0.3 is 9.84 Å². The van der Waals surface area contributed by atoms with Crippen LogP contribution in [0.1, 0.15) is 25.8 Å². The molecule has 16 heavy (non-hydrogen) atoms. The molecule has 1 rings (SSSR count). The molecule has 0 aliphatic heterocycles. The second-order valence-corrected chi connectivity index (χ2v) is 3.44. The average molecular weight is 226 g/mol. The van der Waals surface area contributed by atoms with Gasteiger partial charge in [0, 0.05) is 0 Å². The molecule has 1 unspecified atom stereocenters. The monoisotopic (exact) mass is 226 g/mol. The number of halogens is 1. The molecule has 0 aliphatic rings. The van der Waals surface area contributed by atoms with Crippen LogP contribution in [0.3, 0.4) is 0 Å². The Balaban J connectivity index is 3.09. The molecule has 88 valence electrons. The fraction of sp³-hybridized carbons (Fsp3) is 0.417. The second-order valence-electron chi connectivity index (χ2n) is 3.44. The summed E-state index contributed by atoms with van der Waals surface area (Å²) in [5.74, 6) is -1.24. The van der Waals surface area contributed by atoms with Gasteiger partial charge >= 0.3 is 5.97 Å². The highest BCUT2D eigenvalue weighted by Gasteiger charge is 2.37. The lowest BCUT2D eigenvalue weighted by molar-refractivity contribution is -0.166. The molecule has 1 aromatic rings. The maximum Gasteiger partial charge on any atom is 0.342 e. The van der Waals surface area contributed by atoms with Crippen molar-refractivity contribution in [3.05, 3.63) is 35.6 Å². The quantitative estimate of drug-likeness (QED) is 0.798. The van der Waals surface area contributed by atoms with E-state index in [9.17, 15) is 14.3 Å². The molecule has 0 saturated heterocycles. The van der Waals surface area contributed by atoms with Crippen LogP contribution in [0.4, 0.5) is 4.39 Å². The van der Waals surface area contributed by atoms with Crippen LogP contribution in [0.5, 0.6) is 0 Å². The van der Waals surface area contributed by atoms with E-state index in [1.807, 2.05) is 0 Å². The van der Waals surface area contributed by atoms with Gasteiger partial charge in [-0.1, -0.05) is 19.1 Å². The standard InChI is InChI=1S/C12H15FO3/c1-3-12(15,11(14)16-4-2)9-6-5-7-10(13)8-9/h5-8,15H,3-4H2,1-2H3. The van der Waals surface area contributed by atoms with Gasteiger partial charge in [0.15, 0.2) is 5.60 Å². The summed E-state index contributed by atoms with van der Waals surface area (Å²) in [4.78, 5) is 11.6. The number of rotatable bonds is 4. The molecule has 0 spiro atoms. The van der Waals surface area contributed by atoms with Crippen LogP contribution in [0, 0.1) is 5.82 Å². The third-order valence-corrected chi connectivity index (χ3v) is 2.43. The highest BCUT2D eigenvalue weighted by molar-refractivity contribution is 5.81. The molecule has 0 amide bonds. The first-order valence-corrected chi connectivity index (χ1v) is 5.20. The molecule has 1 aromatic carbocycles. The molecule has 1 N–H and O–H groups in total. The zero-order valence-corrected chi connectivity index (χ0v) is 9.37. The average Bonchev–Trinajstić information content (AvgIpc) is 2.28. The highest BCUT2D eigenvalue weighted by Crippen LogP contribution is 2.26. The van der Waals surface area contributed by atoms with Crippen molar-refractivity contribution in [3.8, 4) is 0 Å². The van der Waals surface area contributed by atoms with E-state index in [-0.39, 0.29) is 18.6 Å². The first kappa shape index (κ1) is 12.6. The minimum atomic E-state index is -1.77. The first-order chi connectivity index (χ1) is 7.54. The fourth-order valence-corrected chi connectivity index (χ4v) is 1.46. The summed E-state index contributed by atoms with van der Waals surface area (Å²) in [6.07, 6.45) is 0.134. The van der Waals surface area contributed by atoms with Crippen LogP contribution in [0.25, 0.3) is 0 Å². The lowest BCUT2D eigenvalue weighted by Crippen LogP contribution is -2.36. The van der Waals surface area contributed by atoms with Gasteiger partial charge in [-0.2, -0.15) is 0 Å². The molecule has 0 heterocycles. The fourth-order valence-electron chi connectivity index (χ4n) is 1.46.